The van der Waals surface area contributed by atoms with Crippen LogP contribution in [0, 0.1) is 11.8 Å². The minimum Gasteiger partial charge on any atom is -0.293 e. The van der Waals surface area contributed by atoms with Crippen molar-refractivity contribution in [3.8, 4) is 0 Å². The van der Waals surface area contributed by atoms with Gasteiger partial charge in [-0.3, -0.25) is 15.0 Å². The lowest BCUT2D eigenvalue weighted by molar-refractivity contribution is 0.728. The van der Waals surface area contributed by atoms with Crippen LogP contribution in [0.15, 0.2) is 74.0 Å². The standard InChI is InChI=1S/C20H19N3/c1-3-14-5-7-16-9-11-21-12-10-17-8-6-15-4-2-13(1)18(19(14)22-16)20(15)23-17/h1-3,6,8,10-11,15,18H,4-5,7,9,12H2/b17-10-,21-11?. The van der Waals surface area contributed by atoms with Crippen LogP contribution in [-0.2, 0) is 0 Å². The van der Waals surface area contributed by atoms with Gasteiger partial charge in [0.25, 0.3) is 0 Å². The molecule has 2 aliphatic carbocycles. The molecule has 2 atom stereocenters. The molecule has 0 saturated carbocycles. The molecule has 23 heavy (non-hydrogen) atoms. The van der Waals surface area contributed by atoms with Gasteiger partial charge in [-0.25, -0.2) is 0 Å². The number of allylic oxidation sites excluding steroid dienone is 7. The monoisotopic (exact) mass is 301 g/mol. The van der Waals surface area contributed by atoms with Crippen LogP contribution in [0.1, 0.15) is 25.7 Å². The van der Waals surface area contributed by atoms with E-state index in [1.54, 1.807) is 0 Å². The number of hydrogen-bond acceptors (Lipinski definition) is 3. The van der Waals surface area contributed by atoms with E-state index in [-0.39, 0.29) is 5.92 Å². The summed E-state index contributed by atoms with van der Waals surface area (Å²) in [5, 5.41) is 0. The van der Waals surface area contributed by atoms with Crippen LogP contribution in [0.4, 0.5) is 0 Å². The Kier molecular flexibility index (Phi) is 2.93. The van der Waals surface area contributed by atoms with E-state index in [1.165, 1.54) is 28.3 Å². The van der Waals surface area contributed by atoms with Gasteiger partial charge >= 0.3 is 0 Å². The summed E-state index contributed by atoms with van der Waals surface area (Å²) >= 11 is 0. The van der Waals surface area contributed by atoms with E-state index < -0.39 is 0 Å². The normalized spacial score (nSPS) is 33.2. The number of fused-ring (bicyclic) bond motifs is 1. The van der Waals surface area contributed by atoms with E-state index in [1.807, 2.05) is 6.21 Å². The maximum absolute atomic E-state index is 5.05. The average Bonchev–Trinajstić information content (AvgIpc) is 2.59. The van der Waals surface area contributed by atoms with E-state index in [4.69, 9.17) is 9.98 Å². The smallest absolute Gasteiger partial charge is 0.0652 e. The average molecular weight is 301 g/mol. The van der Waals surface area contributed by atoms with Gasteiger partial charge < -0.3 is 0 Å². The lowest BCUT2D eigenvalue weighted by atomic mass is 9.72. The van der Waals surface area contributed by atoms with E-state index in [0.717, 1.165) is 31.4 Å². The molecule has 0 aromatic carbocycles. The number of dihydropyridines is 1. The van der Waals surface area contributed by atoms with Gasteiger partial charge in [-0.05, 0) is 42.6 Å². The number of hydrogen-bond donors (Lipinski definition) is 0. The lowest BCUT2D eigenvalue weighted by Gasteiger charge is -2.36. The van der Waals surface area contributed by atoms with Gasteiger partial charge in [0.1, 0.15) is 0 Å². The molecule has 0 aromatic rings. The second-order valence-electron chi connectivity index (χ2n) is 6.68. The molecule has 2 unspecified atom stereocenters. The maximum atomic E-state index is 5.05. The largest absolute Gasteiger partial charge is 0.293 e. The quantitative estimate of drug-likeness (QED) is 0.649. The van der Waals surface area contributed by atoms with Crippen molar-refractivity contribution >= 4 is 17.6 Å². The molecule has 3 nitrogen and oxygen atoms in total. The van der Waals surface area contributed by atoms with Crippen LogP contribution >= 0.6 is 0 Å². The first-order valence-electron chi connectivity index (χ1n) is 8.51. The van der Waals surface area contributed by atoms with Crippen molar-refractivity contribution in [1.29, 1.82) is 0 Å². The topological polar surface area (TPSA) is 37.1 Å². The van der Waals surface area contributed by atoms with Gasteiger partial charge in [-0.2, -0.15) is 0 Å². The predicted octanol–water partition coefficient (Wildman–Crippen LogP) is 3.98. The van der Waals surface area contributed by atoms with E-state index in [0.29, 0.717) is 12.5 Å². The van der Waals surface area contributed by atoms with E-state index in [9.17, 15) is 0 Å². The van der Waals surface area contributed by atoms with Crippen LogP contribution in [0.2, 0.25) is 0 Å². The molecule has 0 amide bonds. The summed E-state index contributed by atoms with van der Waals surface area (Å²) in [7, 11) is 0. The maximum Gasteiger partial charge on any atom is 0.0652 e. The van der Waals surface area contributed by atoms with Crippen LogP contribution in [0.5, 0.6) is 0 Å². The van der Waals surface area contributed by atoms with E-state index >= 15 is 0 Å². The third-order valence-electron chi connectivity index (χ3n) is 5.28. The first-order valence-corrected chi connectivity index (χ1v) is 8.51. The molecule has 0 aromatic heterocycles. The molecule has 0 radical (unpaired) electrons. The van der Waals surface area contributed by atoms with Gasteiger partial charge in [0.15, 0.2) is 0 Å². The summed E-state index contributed by atoms with van der Waals surface area (Å²) in [4.78, 5) is 14.6. The molecular weight excluding hydrogens is 282 g/mol. The molecule has 3 heteroatoms. The Morgan fingerprint density at radius 3 is 3.00 bits per heavy atom. The molecule has 0 N–H and O–H groups in total. The lowest BCUT2D eigenvalue weighted by Crippen LogP contribution is -2.33. The second-order valence-corrected chi connectivity index (χ2v) is 6.68. The first-order chi connectivity index (χ1) is 11.4. The Bertz CT molecular complexity index is 812. The highest BCUT2D eigenvalue weighted by Gasteiger charge is 2.36. The molecule has 0 spiro atoms. The summed E-state index contributed by atoms with van der Waals surface area (Å²) in [6.07, 6.45) is 19.6. The third-order valence-corrected chi connectivity index (χ3v) is 5.28. The minimum atomic E-state index is 0.258. The molecule has 3 heterocycles. The Balaban J connectivity index is 1.72. The van der Waals surface area contributed by atoms with E-state index in [2.05, 4.69) is 41.4 Å². The Labute approximate surface area is 136 Å². The summed E-state index contributed by atoms with van der Waals surface area (Å²) in [6, 6.07) is 0. The highest BCUT2D eigenvalue weighted by Crippen LogP contribution is 2.42. The molecule has 0 fully saturated rings. The summed E-state index contributed by atoms with van der Waals surface area (Å²) in [6.45, 7) is 0.704. The summed E-state index contributed by atoms with van der Waals surface area (Å²) in [5.74, 6) is 0.682. The molecule has 3 aliphatic heterocycles. The van der Waals surface area contributed by atoms with Gasteiger partial charge in [0.05, 0.1) is 23.9 Å². The van der Waals surface area contributed by atoms with Gasteiger partial charge in [0, 0.05) is 30.0 Å². The SMILES string of the molecule is C1=CC2=C3N=C(CC=NC/C=C4/C=CC5CC=C1C3C5=N4)CC2. The van der Waals surface area contributed by atoms with Gasteiger partial charge in [-0.15, -0.1) is 0 Å². The van der Waals surface area contributed by atoms with Crippen LogP contribution in [0.25, 0.3) is 0 Å². The molecule has 0 saturated heterocycles. The van der Waals surface area contributed by atoms with Crippen molar-refractivity contribution in [3.05, 3.63) is 59.0 Å². The zero-order chi connectivity index (χ0) is 15.2. The van der Waals surface area contributed by atoms with Crippen LogP contribution in [0.3, 0.4) is 0 Å². The fourth-order valence-electron chi connectivity index (χ4n) is 4.05. The van der Waals surface area contributed by atoms with Crippen molar-refractivity contribution < 1.29 is 0 Å². The number of nitrogens with zero attached hydrogens (tertiary/aromatic N) is 3. The summed E-state index contributed by atoms with van der Waals surface area (Å²) in [5.41, 5.74) is 7.61. The van der Waals surface area contributed by atoms with Crippen molar-refractivity contribution in [1.82, 2.24) is 0 Å². The Hall–Kier alpha value is -2.29. The molecule has 5 aliphatic rings. The fourth-order valence-corrected chi connectivity index (χ4v) is 4.05. The third kappa shape index (κ3) is 2.14. The van der Waals surface area contributed by atoms with Crippen molar-refractivity contribution in [2.75, 3.05) is 6.54 Å². The van der Waals surface area contributed by atoms with Crippen LogP contribution in [-0.4, -0.2) is 24.2 Å². The highest BCUT2D eigenvalue weighted by molar-refractivity contribution is 6.01. The van der Waals surface area contributed by atoms with Crippen LogP contribution < -0.4 is 0 Å². The van der Waals surface area contributed by atoms with Crippen molar-refractivity contribution in [2.24, 2.45) is 26.8 Å². The predicted molar refractivity (Wildman–Crippen MR) is 95.1 cm³/mol. The van der Waals surface area contributed by atoms with Gasteiger partial charge in [0.2, 0.25) is 0 Å². The summed E-state index contributed by atoms with van der Waals surface area (Å²) < 4.78 is 0. The van der Waals surface area contributed by atoms with Crippen molar-refractivity contribution in [3.63, 3.8) is 0 Å². The Morgan fingerprint density at radius 2 is 2.00 bits per heavy atom. The molecular formula is C20H19N3. The molecule has 4 bridgehead atoms. The number of rotatable bonds is 0. The Morgan fingerprint density at radius 1 is 1.00 bits per heavy atom. The van der Waals surface area contributed by atoms with Gasteiger partial charge in [-0.1, -0.05) is 24.3 Å². The zero-order valence-electron chi connectivity index (χ0n) is 13.1. The zero-order valence-corrected chi connectivity index (χ0v) is 13.1. The highest BCUT2D eigenvalue weighted by atomic mass is 14.9. The second kappa shape index (κ2) is 5.12. The fraction of sp³-hybridized carbons (Fsp3) is 0.350. The first kappa shape index (κ1) is 13.2. The molecule has 114 valence electrons. The van der Waals surface area contributed by atoms with Crippen molar-refractivity contribution in [2.45, 2.75) is 25.7 Å². The molecule has 5 rings (SSSR count). The minimum absolute atomic E-state index is 0.258. The number of aliphatic imine (C=N–C) groups is 3.